The Morgan fingerprint density at radius 1 is 1.30 bits per heavy atom. The number of hydrogen-bond donors (Lipinski definition) is 1. The third-order valence-electron chi connectivity index (χ3n) is 3.91. The van der Waals surface area contributed by atoms with Crippen molar-refractivity contribution in [2.45, 2.75) is 18.6 Å². The maximum absolute atomic E-state index is 12.4. The smallest absolute Gasteiger partial charge is 0.321 e. The summed E-state index contributed by atoms with van der Waals surface area (Å²) in [6, 6.07) is 9.21. The van der Waals surface area contributed by atoms with Crippen LogP contribution in [0.15, 0.2) is 42.7 Å². The standard InChI is InChI=1S/C16H20N4O2S/c1-16(2)12-19(10-11-23(16)22)15(21)18-13-4-6-14(7-5-13)20-9-3-8-17-20/h3-9H,10-12H2,1-2H3,(H,18,21)/t23-/m0/s1. The largest absolute Gasteiger partial charge is 0.322 e. The summed E-state index contributed by atoms with van der Waals surface area (Å²) >= 11 is 0. The molecule has 1 N–H and O–H groups in total. The Balaban J connectivity index is 1.65. The first-order valence-corrected chi connectivity index (χ1v) is 8.82. The first kappa shape index (κ1) is 15.7. The summed E-state index contributed by atoms with van der Waals surface area (Å²) in [7, 11) is -0.886. The van der Waals surface area contributed by atoms with E-state index >= 15 is 0 Å². The molecule has 3 rings (SSSR count). The number of nitrogens with zero attached hydrogens (tertiary/aromatic N) is 3. The molecule has 1 fully saturated rings. The predicted octanol–water partition coefficient (Wildman–Crippen LogP) is 2.25. The van der Waals surface area contributed by atoms with Crippen LogP contribution in [0.25, 0.3) is 5.69 Å². The van der Waals surface area contributed by atoms with Gasteiger partial charge in [0.15, 0.2) is 0 Å². The zero-order chi connectivity index (χ0) is 16.4. The lowest BCUT2D eigenvalue weighted by Gasteiger charge is -2.37. The van der Waals surface area contributed by atoms with Crippen LogP contribution in [0.4, 0.5) is 10.5 Å². The van der Waals surface area contributed by atoms with Crippen molar-refractivity contribution in [1.82, 2.24) is 14.7 Å². The van der Waals surface area contributed by atoms with Crippen molar-refractivity contribution in [3.8, 4) is 5.69 Å². The van der Waals surface area contributed by atoms with E-state index in [1.165, 1.54) is 0 Å². The van der Waals surface area contributed by atoms with E-state index < -0.39 is 10.8 Å². The van der Waals surface area contributed by atoms with E-state index in [0.717, 1.165) is 11.4 Å². The highest BCUT2D eigenvalue weighted by atomic mass is 32.2. The molecule has 0 unspecified atom stereocenters. The zero-order valence-corrected chi connectivity index (χ0v) is 14.0. The van der Waals surface area contributed by atoms with E-state index in [0.29, 0.717) is 18.8 Å². The molecule has 0 bridgehead atoms. The molecule has 0 aliphatic carbocycles. The molecule has 23 heavy (non-hydrogen) atoms. The van der Waals surface area contributed by atoms with Gasteiger partial charge in [0.05, 0.1) is 10.4 Å². The Morgan fingerprint density at radius 3 is 2.65 bits per heavy atom. The van der Waals surface area contributed by atoms with Gasteiger partial charge in [0.2, 0.25) is 0 Å². The third kappa shape index (κ3) is 3.44. The fourth-order valence-corrected chi connectivity index (χ4v) is 3.81. The second-order valence-corrected chi connectivity index (χ2v) is 8.36. The van der Waals surface area contributed by atoms with Crippen molar-refractivity contribution in [2.75, 3.05) is 24.2 Å². The van der Waals surface area contributed by atoms with Crippen molar-refractivity contribution in [3.63, 3.8) is 0 Å². The van der Waals surface area contributed by atoms with Crippen LogP contribution < -0.4 is 5.32 Å². The number of carbonyl (C=O) groups excluding carboxylic acids is 1. The van der Waals surface area contributed by atoms with E-state index in [4.69, 9.17) is 0 Å². The Bertz CT molecular complexity index is 710. The first-order valence-electron chi connectivity index (χ1n) is 7.50. The van der Waals surface area contributed by atoms with Crippen LogP contribution in [-0.2, 0) is 10.8 Å². The summed E-state index contributed by atoms with van der Waals surface area (Å²) in [5, 5.41) is 7.06. The number of benzene rings is 1. The third-order valence-corrected chi connectivity index (χ3v) is 5.82. The van der Waals surface area contributed by atoms with E-state index in [2.05, 4.69) is 10.4 Å². The molecule has 6 nitrogen and oxygen atoms in total. The van der Waals surface area contributed by atoms with E-state index in [9.17, 15) is 9.00 Å². The maximum atomic E-state index is 12.4. The van der Waals surface area contributed by atoms with Crippen LogP contribution >= 0.6 is 0 Å². The van der Waals surface area contributed by atoms with Crippen molar-refractivity contribution in [2.24, 2.45) is 0 Å². The molecule has 122 valence electrons. The van der Waals surface area contributed by atoms with Gasteiger partial charge in [-0.25, -0.2) is 9.48 Å². The second-order valence-electron chi connectivity index (χ2n) is 6.16. The van der Waals surface area contributed by atoms with Gasteiger partial charge in [-0.2, -0.15) is 5.10 Å². The van der Waals surface area contributed by atoms with Gasteiger partial charge >= 0.3 is 6.03 Å². The van der Waals surface area contributed by atoms with Crippen molar-refractivity contribution >= 4 is 22.5 Å². The fraction of sp³-hybridized carbons (Fsp3) is 0.375. The molecular formula is C16H20N4O2S. The molecule has 2 aromatic rings. The minimum atomic E-state index is -0.886. The van der Waals surface area contributed by atoms with Gasteiger partial charge < -0.3 is 10.2 Å². The average molecular weight is 332 g/mol. The Hall–Kier alpha value is -2.15. The molecule has 1 aliphatic rings. The summed E-state index contributed by atoms with van der Waals surface area (Å²) < 4.78 is 13.3. The topological polar surface area (TPSA) is 67.2 Å². The lowest BCUT2D eigenvalue weighted by molar-refractivity contribution is 0.207. The van der Waals surface area contributed by atoms with Gasteiger partial charge in [-0.15, -0.1) is 0 Å². The molecule has 1 aromatic carbocycles. The molecule has 7 heteroatoms. The van der Waals surface area contributed by atoms with Gasteiger partial charge in [-0.1, -0.05) is 0 Å². The summed E-state index contributed by atoms with van der Waals surface area (Å²) in [5.41, 5.74) is 1.66. The number of rotatable bonds is 2. The fourth-order valence-electron chi connectivity index (χ4n) is 2.58. The van der Waals surface area contributed by atoms with Gasteiger partial charge in [0.1, 0.15) is 0 Å². The second kappa shape index (κ2) is 6.16. The van der Waals surface area contributed by atoms with Crippen molar-refractivity contribution in [1.29, 1.82) is 0 Å². The summed E-state index contributed by atoms with van der Waals surface area (Å²) in [6.45, 7) is 4.88. The minimum absolute atomic E-state index is 0.151. The van der Waals surface area contributed by atoms with Crippen LogP contribution in [0, 0.1) is 0 Å². The van der Waals surface area contributed by atoms with Crippen LogP contribution in [-0.4, -0.2) is 48.5 Å². The number of amides is 2. The Kier molecular flexibility index (Phi) is 4.21. The summed E-state index contributed by atoms with van der Waals surface area (Å²) in [5.74, 6) is 0.526. The highest BCUT2D eigenvalue weighted by molar-refractivity contribution is 7.86. The van der Waals surface area contributed by atoms with Gasteiger partial charge in [-0.3, -0.25) is 4.21 Å². The van der Waals surface area contributed by atoms with E-state index in [-0.39, 0.29) is 10.8 Å². The maximum Gasteiger partial charge on any atom is 0.321 e. The number of carbonyl (C=O) groups is 1. The normalized spacial score (nSPS) is 20.3. The minimum Gasteiger partial charge on any atom is -0.322 e. The number of nitrogens with one attached hydrogen (secondary N) is 1. The van der Waals surface area contributed by atoms with Gasteiger partial charge in [-0.05, 0) is 44.2 Å². The molecule has 0 radical (unpaired) electrons. The molecule has 1 atom stereocenters. The van der Waals surface area contributed by atoms with Crippen LogP contribution in [0.1, 0.15) is 13.8 Å². The Morgan fingerprint density at radius 2 is 2.04 bits per heavy atom. The molecular weight excluding hydrogens is 312 g/mol. The van der Waals surface area contributed by atoms with Crippen molar-refractivity contribution < 1.29 is 9.00 Å². The number of aromatic nitrogens is 2. The van der Waals surface area contributed by atoms with Gasteiger partial charge in [0, 0.05) is 47.7 Å². The molecule has 2 amide bonds. The number of hydrogen-bond acceptors (Lipinski definition) is 3. The zero-order valence-electron chi connectivity index (χ0n) is 13.2. The molecule has 2 heterocycles. The molecule has 0 saturated carbocycles. The molecule has 0 spiro atoms. The summed E-state index contributed by atoms with van der Waals surface area (Å²) in [6.07, 6.45) is 3.58. The molecule has 1 aliphatic heterocycles. The lowest BCUT2D eigenvalue weighted by atomic mass is 10.2. The van der Waals surface area contributed by atoms with Gasteiger partial charge in [0.25, 0.3) is 0 Å². The Labute approximate surface area is 137 Å². The van der Waals surface area contributed by atoms with Crippen LogP contribution in [0.5, 0.6) is 0 Å². The highest BCUT2D eigenvalue weighted by Gasteiger charge is 2.35. The molecule has 1 aromatic heterocycles. The van der Waals surface area contributed by atoms with Crippen LogP contribution in [0.3, 0.4) is 0 Å². The SMILES string of the molecule is CC1(C)CN(C(=O)Nc2ccc(-n3cccn3)cc2)CC[S@@]1=O. The number of urea groups is 1. The predicted molar refractivity (Wildman–Crippen MR) is 91.2 cm³/mol. The monoisotopic (exact) mass is 332 g/mol. The van der Waals surface area contributed by atoms with E-state index in [1.807, 2.05) is 50.4 Å². The molecule has 1 saturated heterocycles. The summed E-state index contributed by atoms with van der Waals surface area (Å²) in [4.78, 5) is 14.1. The average Bonchev–Trinajstić information content (AvgIpc) is 3.05. The lowest BCUT2D eigenvalue weighted by Crippen LogP contribution is -2.53. The quantitative estimate of drug-likeness (QED) is 0.917. The van der Waals surface area contributed by atoms with Crippen molar-refractivity contribution in [3.05, 3.63) is 42.7 Å². The van der Waals surface area contributed by atoms with E-state index in [1.54, 1.807) is 15.8 Å². The highest BCUT2D eigenvalue weighted by Crippen LogP contribution is 2.21. The van der Waals surface area contributed by atoms with Crippen LogP contribution in [0.2, 0.25) is 0 Å². The number of anilines is 1. The first-order chi connectivity index (χ1) is 11.0.